The Hall–Kier alpha value is -3.88. The lowest BCUT2D eigenvalue weighted by molar-refractivity contribution is -0.146. The molecule has 0 saturated heterocycles. The Kier molecular flexibility index (Phi) is 6.30. The summed E-state index contributed by atoms with van der Waals surface area (Å²) in [6.07, 6.45) is -0.0582. The number of nitrogens with zero attached hydrogens (tertiary/aromatic N) is 3. The molecule has 1 atom stereocenters. The van der Waals surface area contributed by atoms with Crippen LogP contribution < -0.4 is 5.32 Å². The number of esters is 1. The summed E-state index contributed by atoms with van der Waals surface area (Å²) in [7, 11) is 3.41. The number of H-pyrrole nitrogens is 1. The fourth-order valence-electron chi connectivity index (χ4n) is 3.97. The number of para-hydroxylation sites is 2. The van der Waals surface area contributed by atoms with Crippen molar-refractivity contribution < 1.29 is 19.1 Å². The molecule has 2 amide bonds. The predicted octanol–water partition coefficient (Wildman–Crippen LogP) is 2.54. The number of carbonyl (C=O) groups is 3. The molecule has 0 radical (unpaired) electrons. The minimum absolute atomic E-state index is 0.0582. The van der Waals surface area contributed by atoms with Crippen LogP contribution in [0.5, 0.6) is 0 Å². The largest absolute Gasteiger partial charge is 0.466 e. The highest BCUT2D eigenvalue weighted by atomic mass is 16.5. The molecule has 0 bridgehead atoms. The van der Waals surface area contributed by atoms with Crippen LogP contribution in [0.4, 0.5) is 5.69 Å². The summed E-state index contributed by atoms with van der Waals surface area (Å²) < 4.78 is 4.99. The molecular formula is C24H27N5O4. The molecule has 3 aromatic rings. The van der Waals surface area contributed by atoms with E-state index in [9.17, 15) is 14.4 Å². The molecule has 172 valence electrons. The standard InChI is InChI=1S/C24H27N5O4/c1-4-33-22(30)12-20-24(32)28(2)13-16-11-15(9-10-17(16)25-20)23(31)29(3)14-21-26-18-7-5-6-8-19(18)27-21/h5-11,20,25H,4,12-14H2,1-3H3,(H,26,27)/t20-/m0/s1. The predicted molar refractivity (Wildman–Crippen MR) is 123 cm³/mol. The van der Waals surface area contributed by atoms with E-state index in [4.69, 9.17) is 4.74 Å². The van der Waals surface area contributed by atoms with Crippen LogP contribution >= 0.6 is 0 Å². The van der Waals surface area contributed by atoms with Gasteiger partial charge in [-0.25, -0.2) is 4.98 Å². The summed E-state index contributed by atoms with van der Waals surface area (Å²) in [6.45, 7) is 2.66. The average Bonchev–Trinajstić information content (AvgIpc) is 3.16. The van der Waals surface area contributed by atoms with E-state index in [0.29, 0.717) is 24.5 Å². The lowest BCUT2D eigenvalue weighted by Crippen LogP contribution is -2.39. The highest BCUT2D eigenvalue weighted by molar-refractivity contribution is 5.95. The van der Waals surface area contributed by atoms with Gasteiger partial charge in [0.2, 0.25) is 5.91 Å². The topological polar surface area (TPSA) is 108 Å². The van der Waals surface area contributed by atoms with E-state index in [-0.39, 0.29) is 24.8 Å². The molecule has 0 aliphatic carbocycles. The Balaban J connectivity index is 1.51. The molecule has 0 unspecified atom stereocenters. The van der Waals surface area contributed by atoms with Crippen molar-refractivity contribution in [2.75, 3.05) is 26.0 Å². The zero-order chi connectivity index (χ0) is 23.5. The molecule has 1 aliphatic rings. The van der Waals surface area contributed by atoms with E-state index in [1.54, 1.807) is 49.0 Å². The van der Waals surface area contributed by atoms with Gasteiger partial charge in [-0.3, -0.25) is 14.4 Å². The van der Waals surface area contributed by atoms with E-state index in [1.807, 2.05) is 24.3 Å². The van der Waals surface area contributed by atoms with Gasteiger partial charge in [0.15, 0.2) is 0 Å². The summed E-state index contributed by atoms with van der Waals surface area (Å²) in [5, 5.41) is 3.15. The molecule has 4 rings (SSSR count). The van der Waals surface area contributed by atoms with Crippen LogP contribution in [0.3, 0.4) is 0 Å². The molecule has 0 fully saturated rings. The number of benzene rings is 2. The van der Waals surface area contributed by atoms with Crippen molar-refractivity contribution in [3.8, 4) is 0 Å². The summed E-state index contributed by atoms with van der Waals surface area (Å²) in [5.74, 6) is -0.0801. The molecule has 33 heavy (non-hydrogen) atoms. The molecular weight excluding hydrogens is 422 g/mol. The molecule has 0 saturated carbocycles. The summed E-state index contributed by atoms with van der Waals surface area (Å²) in [6, 6.07) is 12.3. The first-order chi connectivity index (χ1) is 15.9. The Morgan fingerprint density at radius 2 is 2.03 bits per heavy atom. The van der Waals surface area contributed by atoms with Gasteiger partial charge in [0.25, 0.3) is 5.91 Å². The van der Waals surface area contributed by atoms with Gasteiger partial charge in [0.1, 0.15) is 11.9 Å². The number of nitrogens with one attached hydrogen (secondary N) is 2. The van der Waals surface area contributed by atoms with E-state index in [2.05, 4.69) is 15.3 Å². The summed E-state index contributed by atoms with van der Waals surface area (Å²) in [5.41, 5.74) is 3.82. The number of likely N-dealkylation sites (N-methyl/N-ethyl adjacent to an activating group) is 1. The Morgan fingerprint density at radius 1 is 1.24 bits per heavy atom. The van der Waals surface area contributed by atoms with Gasteiger partial charge in [-0.15, -0.1) is 0 Å². The first kappa shape index (κ1) is 22.3. The highest BCUT2D eigenvalue weighted by Crippen LogP contribution is 2.25. The SMILES string of the molecule is CCOC(=O)C[C@@H]1Nc2ccc(C(=O)N(C)Cc3nc4ccccc4[nH]3)cc2CN(C)C1=O. The minimum atomic E-state index is -0.715. The van der Waals surface area contributed by atoms with Crippen molar-refractivity contribution in [1.82, 2.24) is 19.8 Å². The normalized spacial score (nSPS) is 15.5. The van der Waals surface area contributed by atoms with Crippen molar-refractivity contribution in [2.24, 2.45) is 0 Å². The number of anilines is 1. The van der Waals surface area contributed by atoms with Crippen molar-refractivity contribution >= 4 is 34.5 Å². The van der Waals surface area contributed by atoms with Gasteiger partial charge in [-0.1, -0.05) is 12.1 Å². The number of carbonyl (C=O) groups excluding carboxylic acids is 3. The van der Waals surface area contributed by atoms with E-state index in [1.165, 1.54) is 0 Å². The minimum Gasteiger partial charge on any atom is -0.466 e. The molecule has 2 heterocycles. The van der Waals surface area contributed by atoms with Crippen molar-refractivity contribution in [3.63, 3.8) is 0 Å². The smallest absolute Gasteiger partial charge is 0.308 e. The lowest BCUT2D eigenvalue weighted by Gasteiger charge is -2.19. The second-order valence-corrected chi connectivity index (χ2v) is 8.13. The van der Waals surface area contributed by atoms with Crippen LogP contribution in [0.1, 0.15) is 35.1 Å². The van der Waals surface area contributed by atoms with Crippen molar-refractivity contribution in [1.29, 1.82) is 0 Å². The lowest BCUT2D eigenvalue weighted by atomic mass is 10.1. The van der Waals surface area contributed by atoms with Crippen LogP contribution in [0.25, 0.3) is 11.0 Å². The van der Waals surface area contributed by atoms with E-state index >= 15 is 0 Å². The summed E-state index contributed by atoms with van der Waals surface area (Å²) >= 11 is 0. The zero-order valence-electron chi connectivity index (χ0n) is 18.9. The van der Waals surface area contributed by atoms with Crippen molar-refractivity contribution in [3.05, 3.63) is 59.4 Å². The maximum atomic E-state index is 13.1. The maximum Gasteiger partial charge on any atom is 0.308 e. The second-order valence-electron chi connectivity index (χ2n) is 8.13. The Labute approximate surface area is 191 Å². The molecule has 1 aliphatic heterocycles. The van der Waals surface area contributed by atoms with Crippen molar-refractivity contribution in [2.45, 2.75) is 32.5 Å². The number of aromatic nitrogens is 2. The number of aromatic amines is 1. The number of fused-ring (bicyclic) bond motifs is 2. The number of imidazole rings is 1. The monoisotopic (exact) mass is 449 g/mol. The fraction of sp³-hybridized carbons (Fsp3) is 0.333. The highest BCUT2D eigenvalue weighted by Gasteiger charge is 2.30. The third-order valence-corrected chi connectivity index (χ3v) is 5.61. The van der Waals surface area contributed by atoms with Crippen LogP contribution in [-0.4, -0.2) is 64.3 Å². The van der Waals surface area contributed by atoms with Crippen LogP contribution in [0, 0.1) is 0 Å². The maximum absolute atomic E-state index is 13.1. The Bertz CT molecular complexity index is 1170. The zero-order valence-corrected chi connectivity index (χ0v) is 18.9. The van der Waals surface area contributed by atoms with E-state index < -0.39 is 12.0 Å². The molecule has 2 aromatic carbocycles. The first-order valence-corrected chi connectivity index (χ1v) is 10.8. The Morgan fingerprint density at radius 3 is 2.79 bits per heavy atom. The molecule has 1 aromatic heterocycles. The molecule has 2 N–H and O–H groups in total. The van der Waals surface area contributed by atoms with Crippen LogP contribution in [-0.2, 0) is 27.4 Å². The first-order valence-electron chi connectivity index (χ1n) is 10.8. The van der Waals surface area contributed by atoms with Gasteiger partial charge < -0.3 is 24.8 Å². The third-order valence-electron chi connectivity index (χ3n) is 5.61. The van der Waals surface area contributed by atoms with E-state index in [0.717, 1.165) is 22.3 Å². The number of amides is 2. The van der Waals surface area contributed by atoms with Gasteiger partial charge in [-0.2, -0.15) is 0 Å². The number of rotatable bonds is 6. The van der Waals surface area contributed by atoms with Crippen LogP contribution in [0.2, 0.25) is 0 Å². The van der Waals surface area contributed by atoms with Gasteiger partial charge in [0.05, 0.1) is 30.6 Å². The average molecular weight is 450 g/mol. The quantitative estimate of drug-likeness (QED) is 0.560. The molecule has 9 nitrogen and oxygen atoms in total. The molecule has 9 heteroatoms. The van der Waals surface area contributed by atoms with Gasteiger partial charge >= 0.3 is 5.97 Å². The second kappa shape index (κ2) is 9.32. The van der Waals surface area contributed by atoms with Gasteiger partial charge in [0, 0.05) is 31.9 Å². The number of ether oxygens (including phenoxy) is 1. The summed E-state index contributed by atoms with van der Waals surface area (Å²) in [4.78, 5) is 48.7. The number of hydrogen-bond acceptors (Lipinski definition) is 6. The number of hydrogen-bond donors (Lipinski definition) is 2. The third kappa shape index (κ3) is 4.82. The molecule has 0 spiro atoms. The fourth-order valence-corrected chi connectivity index (χ4v) is 3.97. The van der Waals surface area contributed by atoms with Crippen LogP contribution in [0.15, 0.2) is 42.5 Å². The van der Waals surface area contributed by atoms with Gasteiger partial charge in [-0.05, 0) is 42.8 Å².